The fourth-order valence-electron chi connectivity index (χ4n) is 3.01. The quantitative estimate of drug-likeness (QED) is 0.504. The van der Waals surface area contributed by atoms with Crippen molar-refractivity contribution in [1.29, 1.82) is 0 Å². The van der Waals surface area contributed by atoms with Crippen LogP contribution < -0.4 is 5.32 Å². The second kappa shape index (κ2) is 8.60. The molecule has 0 aliphatic heterocycles. The highest BCUT2D eigenvalue weighted by molar-refractivity contribution is 5.96. The van der Waals surface area contributed by atoms with E-state index in [1.54, 1.807) is 6.07 Å². The van der Waals surface area contributed by atoms with Crippen molar-refractivity contribution >= 4 is 11.8 Å². The Bertz CT molecular complexity index is 1160. The minimum absolute atomic E-state index is 0.0264. The third kappa shape index (κ3) is 4.22. The minimum Gasteiger partial charge on any atom is -0.337 e. The number of halogens is 2. The molecule has 0 saturated heterocycles. The van der Waals surface area contributed by atoms with E-state index in [1.807, 2.05) is 30.3 Å². The van der Waals surface area contributed by atoms with Crippen LogP contribution in [0.15, 0.2) is 71.6 Å². The molecule has 0 spiro atoms. The van der Waals surface area contributed by atoms with Crippen LogP contribution in [0, 0.1) is 11.6 Å². The normalized spacial score (nSPS) is 10.7. The Morgan fingerprint density at radius 1 is 1.07 bits per heavy atom. The largest absolute Gasteiger partial charge is 0.337 e. The number of aromatic nitrogens is 3. The van der Waals surface area contributed by atoms with Crippen molar-refractivity contribution < 1.29 is 18.1 Å². The zero-order valence-electron chi connectivity index (χ0n) is 15.7. The number of nitrogens with zero attached hydrogens (tertiary/aromatic N) is 3. The Morgan fingerprint density at radius 3 is 2.63 bits per heavy atom. The highest BCUT2D eigenvalue weighted by Crippen LogP contribution is 2.37. The summed E-state index contributed by atoms with van der Waals surface area (Å²) in [6.07, 6.45) is 3.58. The van der Waals surface area contributed by atoms with Crippen molar-refractivity contribution in [3.8, 4) is 22.5 Å². The van der Waals surface area contributed by atoms with E-state index in [0.29, 0.717) is 12.1 Å². The highest BCUT2D eigenvalue weighted by Gasteiger charge is 2.24. The van der Waals surface area contributed by atoms with Crippen molar-refractivity contribution in [2.24, 2.45) is 0 Å². The number of hydrogen-bond donors (Lipinski definition) is 1. The van der Waals surface area contributed by atoms with Gasteiger partial charge in [-0.05, 0) is 30.2 Å². The van der Waals surface area contributed by atoms with Gasteiger partial charge in [0.2, 0.25) is 11.8 Å². The van der Waals surface area contributed by atoms with Gasteiger partial charge in [0.05, 0.1) is 11.3 Å². The molecule has 0 atom stereocenters. The molecule has 2 aromatic carbocycles. The van der Waals surface area contributed by atoms with Crippen molar-refractivity contribution in [1.82, 2.24) is 15.1 Å². The molecule has 4 rings (SSSR count). The van der Waals surface area contributed by atoms with Crippen LogP contribution in [-0.4, -0.2) is 21.0 Å². The van der Waals surface area contributed by atoms with E-state index in [0.717, 1.165) is 17.7 Å². The van der Waals surface area contributed by atoms with Gasteiger partial charge in [0, 0.05) is 24.2 Å². The molecule has 0 radical (unpaired) electrons. The molecule has 1 N–H and O–H groups in total. The van der Waals surface area contributed by atoms with Crippen LogP contribution in [-0.2, 0) is 11.2 Å². The molecule has 0 fully saturated rings. The number of carbonyl (C=O) groups excluding carboxylic acids is 1. The zero-order chi connectivity index (χ0) is 20.9. The van der Waals surface area contributed by atoms with Crippen molar-refractivity contribution in [2.75, 3.05) is 5.32 Å². The zero-order valence-corrected chi connectivity index (χ0v) is 15.7. The van der Waals surface area contributed by atoms with Crippen LogP contribution in [0.25, 0.3) is 22.5 Å². The van der Waals surface area contributed by atoms with Gasteiger partial charge in [-0.2, -0.15) is 0 Å². The van der Waals surface area contributed by atoms with E-state index >= 15 is 0 Å². The summed E-state index contributed by atoms with van der Waals surface area (Å²) in [6.45, 7) is 0. The van der Waals surface area contributed by atoms with E-state index < -0.39 is 11.6 Å². The summed E-state index contributed by atoms with van der Waals surface area (Å²) in [5.41, 5.74) is 1.82. The summed E-state index contributed by atoms with van der Waals surface area (Å²) in [7, 11) is 0. The number of rotatable bonds is 6. The number of nitrogens with one attached hydrogen (secondary N) is 1. The monoisotopic (exact) mass is 406 g/mol. The first-order valence-electron chi connectivity index (χ1n) is 9.17. The lowest BCUT2D eigenvalue weighted by molar-refractivity contribution is -0.116. The topological polar surface area (TPSA) is 80.9 Å². The molecule has 0 unspecified atom stereocenters. The molecule has 8 heteroatoms. The Labute approximate surface area is 170 Å². The third-order valence-electron chi connectivity index (χ3n) is 4.45. The number of benzene rings is 2. The lowest BCUT2D eigenvalue weighted by atomic mass is 10.0. The minimum atomic E-state index is -0.805. The molecule has 0 aliphatic rings. The fraction of sp³-hybridized carbons (Fsp3) is 0.0909. The van der Waals surface area contributed by atoms with Crippen LogP contribution in [0.4, 0.5) is 14.7 Å². The van der Waals surface area contributed by atoms with Crippen molar-refractivity contribution in [2.45, 2.75) is 12.8 Å². The first kappa shape index (κ1) is 19.4. The molecular weight excluding hydrogens is 390 g/mol. The van der Waals surface area contributed by atoms with Crippen molar-refractivity contribution in [3.05, 3.63) is 84.3 Å². The van der Waals surface area contributed by atoms with E-state index in [-0.39, 0.29) is 35.0 Å². The maximum absolute atomic E-state index is 14.4. The standard InChI is InChI=1S/C22H16F2N4O2/c23-15-7-8-16(17(24)12-15)21-20(18-10-11-25-13-26-18)22(30-28-21)27-19(29)9-6-14-4-2-1-3-5-14/h1-5,7-8,10-13H,6,9H2,(H,27,29). The van der Waals surface area contributed by atoms with Gasteiger partial charge in [-0.3, -0.25) is 10.1 Å². The van der Waals surface area contributed by atoms with Gasteiger partial charge < -0.3 is 4.52 Å². The molecule has 0 aliphatic carbocycles. The van der Waals surface area contributed by atoms with Gasteiger partial charge in [-0.1, -0.05) is 35.5 Å². The first-order chi connectivity index (χ1) is 14.6. The maximum Gasteiger partial charge on any atom is 0.241 e. The predicted octanol–water partition coefficient (Wildman–Crippen LogP) is 4.65. The summed E-state index contributed by atoms with van der Waals surface area (Å²) >= 11 is 0. The number of aryl methyl sites for hydroxylation is 1. The highest BCUT2D eigenvalue weighted by atomic mass is 19.1. The second-order valence-corrected chi connectivity index (χ2v) is 6.49. The molecule has 2 heterocycles. The van der Waals surface area contributed by atoms with Crippen LogP contribution in [0.1, 0.15) is 12.0 Å². The lowest BCUT2D eigenvalue weighted by Crippen LogP contribution is -2.12. The summed E-state index contributed by atoms with van der Waals surface area (Å²) < 4.78 is 33.0. The Balaban J connectivity index is 1.65. The molecular formula is C22H16F2N4O2. The maximum atomic E-state index is 14.4. The van der Waals surface area contributed by atoms with E-state index in [1.165, 1.54) is 18.6 Å². The molecule has 4 aromatic rings. The lowest BCUT2D eigenvalue weighted by Gasteiger charge is -2.06. The van der Waals surface area contributed by atoms with Gasteiger partial charge >= 0.3 is 0 Å². The van der Waals surface area contributed by atoms with Gasteiger partial charge in [0.25, 0.3) is 0 Å². The van der Waals surface area contributed by atoms with Gasteiger partial charge in [0.15, 0.2) is 0 Å². The molecule has 6 nitrogen and oxygen atoms in total. The van der Waals surface area contributed by atoms with E-state index in [2.05, 4.69) is 20.4 Å². The smallest absolute Gasteiger partial charge is 0.241 e. The first-order valence-corrected chi connectivity index (χ1v) is 9.17. The number of anilines is 1. The van der Waals surface area contributed by atoms with Crippen molar-refractivity contribution in [3.63, 3.8) is 0 Å². The van der Waals surface area contributed by atoms with Gasteiger partial charge in [-0.25, -0.2) is 18.7 Å². The number of amides is 1. The van der Waals surface area contributed by atoms with E-state index in [9.17, 15) is 13.6 Å². The van der Waals surface area contributed by atoms with Gasteiger partial charge in [0.1, 0.15) is 23.7 Å². The SMILES string of the molecule is O=C(CCc1ccccc1)Nc1onc(-c2ccc(F)cc2F)c1-c1ccncn1. The Morgan fingerprint density at radius 2 is 1.90 bits per heavy atom. The van der Waals surface area contributed by atoms with Crippen LogP contribution >= 0.6 is 0 Å². The number of carbonyl (C=O) groups is 1. The van der Waals surface area contributed by atoms with Crippen LogP contribution in [0.2, 0.25) is 0 Å². The van der Waals surface area contributed by atoms with Crippen LogP contribution in [0.5, 0.6) is 0 Å². The van der Waals surface area contributed by atoms with E-state index in [4.69, 9.17) is 4.52 Å². The molecule has 30 heavy (non-hydrogen) atoms. The average Bonchev–Trinajstić information content (AvgIpc) is 3.16. The predicted molar refractivity (Wildman–Crippen MR) is 106 cm³/mol. The Kier molecular flexibility index (Phi) is 5.56. The third-order valence-corrected chi connectivity index (χ3v) is 4.45. The van der Waals surface area contributed by atoms with Crippen LogP contribution in [0.3, 0.4) is 0 Å². The molecule has 2 aromatic heterocycles. The molecule has 0 saturated carbocycles. The summed E-state index contributed by atoms with van der Waals surface area (Å²) in [5, 5.41) is 6.59. The summed E-state index contributed by atoms with van der Waals surface area (Å²) in [6, 6.07) is 14.3. The van der Waals surface area contributed by atoms with Gasteiger partial charge in [-0.15, -0.1) is 0 Å². The molecule has 1 amide bonds. The second-order valence-electron chi connectivity index (χ2n) is 6.49. The number of hydrogen-bond acceptors (Lipinski definition) is 5. The molecule has 150 valence electrons. The molecule has 0 bridgehead atoms. The average molecular weight is 406 g/mol. The fourth-order valence-corrected chi connectivity index (χ4v) is 3.01. The summed E-state index contributed by atoms with van der Waals surface area (Å²) in [4.78, 5) is 20.5. The summed E-state index contributed by atoms with van der Waals surface area (Å²) in [5.74, 6) is -1.78. The Hall–Kier alpha value is -3.94.